The number of fused-ring (bicyclic) bond motifs is 1. The van der Waals surface area contributed by atoms with Crippen LogP contribution in [0.1, 0.15) is 28.6 Å². The van der Waals surface area contributed by atoms with Crippen LogP contribution in [0.3, 0.4) is 0 Å². The van der Waals surface area contributed by atoms with Crippen LogP contribution in [0, 0.1) is 6.92 Å². The molecule has 0 saturated carbocycles. The lowest BCUT2D eigenvalue weighted by atomic mass is 10.2. The van der Waals surface area contributed by atoms with Gasteiger partial charge < -0.3 is 15.4 Å². The van der Waals surface area contributed by atoms with E-state index in [-0.39, 0.29) is 23.9 Å². The number of nitrogens with zero attached hydrogens (tertiary/aromatic N) is 2. The van der Waals surface area contributed by atoms with E-state index < -0.39 is 0 Å². The zero-order chi connectivity index (χ0) is 21.8. The third-order valence-corrected chi connectivity index (χ3v) is 5.91. The normalized spacial score (nSPS) is 10.8. The number of rotatable bonds is 7. The van der Waals surface area contributed by atoms with Gasteiger partial charge in [-0.15, -0.1) is 11.3 Å². The summed E-state index contributed by atoms with van der Waals surface area (Å²) in [5.41, 5.74) is 0.667. The first kappa shape index (κ1) is 21.8. The Morgan fingerprint density at radius 3 is 2.77 bits per heavy atom. The van der Waals surface area contributed by atoms with Gasteiger partial charge in [-0.3, -0.25) is 19.0 Å². The molecule has 2 aromatic heterocycles. The van der Waals surface area contributed by atoms with Crippen LogP contribution in [-0.4, -0.2) is 35.0 Å². The van der Waals surface area contributed by atoms with Crippen molar-refractivity contribution in [3.05, 3.63) is 50.3 Å². The lowest BCUT2D eigenvalue weighted by Crippen LogP contribution is -2.32. The molecule has 10 heteroatoms. The molecule has 0 saturated heterocycles. The van der Waals surface area contributed by atoms with Crippen molar-refractivity contribution >= 4 is 50.7 Å². The van der Waals surface area contributed by atoms with Crippen LogP contribution in [-0.2, 0) is 11.3 Å². The van der Waals surface area contributed by atoms with E-state index in [2.05, 4.69) is 15.6 Å². The number of anilines is 1. The van der Waals surface area contributed by atoms with Gasteiger partial charge in [0, 0.05) is 12.2 Å². The summed E-state index contributed by atoms with van der Waals surface area (Å²) in [7, 11) is 1.51. The zero-order valence-electron chi connectivity index (χ0n) is 16.7. The minimum atomic E-state index is -0.372. The highest BCUT2D eigenvalue weighted by molar-refractivity contribution is 7.20. The Bertz CT molecular complexity index is 1170. The van der Waals surface area contributed by atoms with Crippen LogP contribution in [0.4, 0.5) is 5.69 Å². The molecule has 3 aromatic rings. The van der Waals surface area contributed by atoms with Crippen molar-refractivity contribution in [2.24, 2.45) is 0 Å². The van der Waals surface area contributed by atoms with Gasteiger partial charge in [-0.1, -0.05) is 18.5 Å². The van der Waals surface area contributed by atoms with Crippen LogP contribution in [0.15, 0.2) is 29.3 Å². The molecule has 0 spiro atoms. The molecule has 2 N–H and O–H groups in total. The van der Waals surface area contributed by atoms with Crippen LogP contribution in [0.2, 0.25) is 5.02 Å². The van der Waals surface area contributed by atoms with Crippen LogP contribution < -0.4 is 20.9 Å². The molecule has 3 rings (SSSR count). The minimum absolute atomic E-state index is 0.122. The molecule has 0 aliphatic carbocycles. The first-order chi connectivity index (χ1) is 14.3. The number of hydrogen-bond acceptors (Lipinski definition) is 6. The molecule has 30 heavy (non-hydrogen) atoms. The van der Waals surface area contributed by atoms with Gasteiger partial charge in [0.15, 0.2) is 0 Å². The highest BCUT2D eigenvalue weighted by atomic mass is 35.5. The van der Waals surface area contributed by atoms with E-state index in [1.807, 2.05) is 6.92 Å². The average molecular weight is 449 g/mol. The predicted octanol–water partition coefficient (Wildman–Crippen LogP) is 3.21. The standard InChI is InChI=1S/C20H21ClN4O4S/c1-4-7-22-15(26)9-25-10-23-19-16(20(25)28)11(2)17(30-19)18(27)24-12-5-6-14(29-3)13(21)8-12/h5-6,8,10H,4,7,9H2,1-3H3,(H,22,26)(H,24,27). The fourth-order valence-corrected chi connectivity index (χ4v) is 4.19. The quantitative estimate of drug-likeness (QED) is 0.577. The van der Waals surface area contributed by atoms with Gasteiger partial charge in [-0.05, 0) is 37.1 Å². The summed E-state index contributed by atoms with van der Waals surface area (Å²) in [5, 5.41) is 6.21. The molecule has 2 amide bonds. The van der Waals surface area contributed by atoms with Crippen LogP contribution in [0.5, 0.6) is 5.75 Å². The Kier molecular flexibility index (Phi) is 6.73. The number of aryl methyl sites for hydroxylation is 1. The van der Waals surface area contributed by atoms with Gasteiger partial charge >= 0.3 is 0 Å². The summed E-state index contributed by atoms with van der Waals surface area (Å²) in [5.74, 6) is -0.133. The van der Waals surface area contributed by atoms with Gasteiger partial charge in [0.2, 0.25) is 5.91 Å². The van der Waals surface area contributed by atoms with E-state index in [1.54, 1.807) is 25.1 Å². The van der Waals surface area contributed by atoms with Gasteiger partial charge in [-0.2, -0.15) is 0 Å². The fraction of sp³-hybridized carbons (Fsp3) is 0.300. The monoisotopic (exact) mass is 448 g/mol. The Hall–Kier alpha value is -2.91. The summed E-state index contributed by atoms with van der Waals surface area (Å²) in [6.07, 6.45) is 2.14. The summed E-state index contributed by atoms with van der Waals surface area (Å²) >= 11 is 7.23. The highest BCUT2D eigenvalue weighted by Crippen LogP contribution is 2.30. The first-order valence-electron chi connectivity index (χ1n) is 9.25. The molecule has 0 fully saturated rings. The highest BCUT2D eigenvalue weighted by Gasteiger charge is 2.20. The number of amides is 2. The smallest absolute Gasteiger partial charge is 0.266 e. The number of nitrogens with one attached hydrogen (secondary N) is 2. The van der Waals surface area contributed by atoms with Gasteiger partial charge in [-0.25, -0.2) is 4.98 Å². The third-order valence-electron chi connectivity index (χ3n) is 4.42. The second-order valence-electron chi connectivity index (χ2n) is 6.57. The average Bonchev–Trinajstić information content (AvgIpc) is 3.06. The van der Waals surface area contributed by atoms with E-state index in [1.165, 1.54) is 18.0 Å². The second-order valence-corrected chi connectivity index (χ2v) is 7.97. The number of hydrogen-bond donors (Lipinski definition) is 2. The summed E-state index contributed by atoms with van der Waals surface area (Å²) in [4.78, 5) is 42.7. The summed E-state index contributed by atoms with van der Waals surface area (Å²) in [6.45, 7) is 4.06. The topological polar surface area (TPSA) is 102 Å². The molecule has 0 aliphatic heterocycles. The molecule has 0 radical (unpaired) electrons. The Morgan fingerprint density at radius 1 is 1.33 bits per heavy atom. The lowest BCUT2D eigenvalue weighted by molar-refractivity contribution is -0.121. The third kappa shape index (κ3) is 4.47. The number of ether oxygens (including phenoxy) is 1. The number of carbonyl (C=O) groups is 2. The fourth-order valence-electron chi connectivity index (χ4n) is 2.90. The van der Waals surface area contributed by atoms with Crippen molar-refractivity contribution in [2.75, 3.05) is 19.0 Å². The van der Waals surface area contributed by atoms with Crippen LogP contribution >= 0.6 is 22.9 Å². The van der Waals surface area contributed by atoms with E-state index in [9.17, 15) is 14.4 Å². The Balaban J connectivity index is 1.88. The molecule has 0 unspecified atom stereocenters. The summed E-state index contributed by atoms with van der Waals surface area (Å²) < 4.78 is 6.35. The molecular formula is C20H21ClN4O4S. The van der Waals surface area contributed by atoms with Crippen molar-refractivity contribution in [1.82, 2.24) is 14.9 Å². The second kappa shape index (κ2) is 9.27. The van der Waals surface area contributed by atoms with Gasteiger partial charge in [0.25, 0.3) is 11.5 Å². The van der Waals surface area contributed by atoms with E-state index in [0.29, 0.717) is 43.7 Å². The maximum absolute atomic E-state index is 12.9. The number of halogens is 1. The van der Waals surface area contributed by atoms with Gasteiger partial charge in [0.1, 0.15) is 17.1 Å². The molecule has 2 heterocycles. The molecule has 1 aromatic carbocycles. The van der Waals surface area contributed by atoms with Crippen molar-refractivity contribution in [2.45, 2.75) is 26.8 Å². The van der Waals surface area contributed by atoms with Crippen LogP contribution in [0.25, 0.3) is 10.2 Å². The van der Waals surface area contributed by atoms with E-state index >= 15 is 0 Å². The Labute approximate surface area is 181 Å². The number of thiophene rings is 1. The molecule has 0 bridgehead atoms. The molecule has 0 atom stereocenters. The molecule has 0 aliphatic rings. The molecule has 158 valence electrons. The maximum atomic E-state index is 12.9. The lowest BCUT2D eigenvalue weighted by Gasteiger charge is -2.07. The maximum Gasteiger partial charge on any atom is 0.266 e. The Morgan fingerprint density at radius 2 is 2.10 bits per heavy atom. The zero-order valence-corrected chi connectivity index (χ0v) is 18.3. The number of aromatic nitrogens is 2. The van der Waals surface area contributed by atoms with E-state index in [4.69, 9.17) is 16.3 Å². The van der Waals surface area contributed by atoms with Crippen molar-refractivity contribution < 1.29 is 14.3 Å². The predicted molar refractivity (Wildman–Crippen MR) is 118 cm³/mol. The van der Waals surface area contributed by atoms with E-state index in [0.717, 1.165) is 17.8 Å². The number of carbonyl (C=O) groups excluding carboxylic acids is 2. The number of methoxy groups -OCH3 is 1. The van der Waals surface area contributed by atoms with Crippen molar-refractivity contribution in [1.29, 1.82) is 0 Å². The van der Waals surface area contributed by atoms with Gasteiger partial charge in [0.05, 0.1) is 28.7 Å². The van der Waals surface area contributed by atoms with Crippen molar-refractivity contribution in [3.8, 4) is 5.75 Å². The summed E-state index contributed by atoms with van der Waals surface area (Å²) in [6, 6.07) is 4.91. The molecule has 8 nitrogen and oxygen atoms in total. The molecular weight excluding hydrogens is 428 g/mol. The minimum Gasteiger partial charge on any atom is -0.495 e. The first-order valence-corrected chi connectivity index (χ1v) is 10.4. The SMILES string of the molecule is CCCNC(=O)Cn1cnc2sc(C(=O)Nc3ccc(OC)c(Cl)c3)c(C)c2c1=O. The largest absolute Gasteiger partial charge is 0.495 e. The number of benzene rings is 1. The van der Waals surface area contributed by atoms with Crippen molar-refractivity contribution in [3.63, 3.8) is 0 Å².